The molecule has 1 rings (SSSR count). The first-order valence-corrected chi connectivity index (χ1v) is 5.95. The second-order valence-electron chi connectivity index (χ2n) is 4.22. The third-order valence-corrected chi connectivity index (χ3v) is 2.56. The van der Waals surface area contributed by atoms with Gasteiger partial charge in [-0.25, -0.2) is 0 Å². The van der Waals surface area contributed by atoms with E-state index in [1.807, 2.05) is 0 Å². The zero-order valence-electron chi connectivity index (χ0n) is 9.87. The zero-order valence-corrected chi connectivity index (χ0v) is 9.87. The van der Waals surface area contributed by atoms with Crippen molar-refractivity contribution in [2.45, 2.75) is 38.4 Å². The van der Waals surface area contributed by atoms with E-state index >= 15 is 0 Å². The topological polar surface area (TPSA) is 70.6 Å². The maximum atomic E-state index is 11.3. The van der Waals surface area contributed by atoms with Crippen LogP contribution >= 0.6 is 0 Å². The van der Waals surface area contributed by atoms with Crippen molar-refractivity contribution < 1.29 is 14.6 Å². The van der Waals surface area contributed by atoms with E-state index in [9.17, 15) is 4.79 Å². The normalized spacial score (nSPS) is 19.4. The summed E-state index contributed by atoms with van der Waals surface area (Å²) in [5.74, 6) is -0.0603. The number of aliphatic hydroxyl groups excluding tert-OH is 1. The first-order chi connectivity index (χ1) is 7.68. The molecule has 1 unspecified atom stereocenters. The van der Waals surface area contributed by atoms with Crippen LogP contribution in [0, 0.1) is 0 Å². The molecule has 0 saturated carbocycles. The average molecular weight is 230 g/mol. The predicted molar refractivity (Wildman–Crippen MR) is 61.2 cm³/mol. The number of aliphatic hydroxyl groups is 1. The van der Waals surface area contributed by atoms with E-state index < -0.39 is 6.10 Å². The van der Waals surface area contributed by atoms with Crippen molar-refractivity contribution in [1.82, 2.24) is 10.6 Å². The van der Waals surface area contributed by atoms with Crippen LogP contribution in [0.1, 0.15) is 26.2 Å². The molecule has 1 aliphatic rings. The minimum Gasteiger partial charge on any atom is -0.392 e. The van der Waals surface area contributed by atoms with Crippen LogP contribution in [0.4, 0.5) is 0 Å². The Kier molecular flexibility index (Phi) is 6.37. The van der Waals surface area contributed by atoms with Crippen LogP contribution in [0.25, 0.3) is 0 Å². The Morgan fingerprint density at radius 1 is 1.56 bits per heavy atom. The van der Waals surface area contributed by atoms with E-state index in [1.54, 1.807) is 6.92 Å². The van der Waals surface area contributed by atoms with Gasteiger partial charge in [-0.05, 0) is 32.9 Å². The first kappa shape index (κ1) is 13.4. The summed E-state index contributed by atoms with van der Waals surface area (Å²) in [6, 6.07) is 0. The van der Waals surface area contributed by atoms with Crippen LogP contribution in [0.15, 0.2) is 0 Å². The first-order valence-electron chi connectivity index (χ1n) is 5.95. The van der Waals surface area contributed by atoms with Crippen molar-refractivity contribution in [3.8, 4) is 0 Å². The molecule has 0 spiro atoms. The monoisotopic (exact) mass is 230 g/mol. The van der Waals surface area contributed by atoms with E-state index in [0.717, 1.165) is 25.9 Å². The number of piperidine rings is 1. The van der Waals surface area contributed by atoms with Crippen molar-refractivity contribution in [2.75, 3.05) is 26.2 Å². The summed E-state index contributed by atoms with van der Waals surface area (Å²) in [4.78, 5) is 11.3. The summed E-state index contributed by atoms with van der Waals surface area (Å²) in [6.07, 6.45) is 2.22. The summed E-state index contributed by atoms with van der Waals surface area (Å²) in [5, 5.41) is 14.9. The second-order valence-corrected chi connectivity index (χ2v) is 4.22. The van der Waals surface area contributed by atoms with Crippen LogP contribution in [-0.2, 0) is 9.53 Å². The zero-order chi connectivity index (χ0) is 11.8. The van der Waals surface area contributed by atoms with Gasteiger partial charge in [-0.2, -0.15) is 0 Å². The van der Waals surface area contributed by atoms with Crippen molar-refractivity contribution >= 4 is 5.91 Å². The number of amides is 1. The summed E-state index contributed by atoms with van der Waals surface area (Å²) in [5.41, 5.74) is 0. The largest absolute Gasteiger partial charge is 0.392 e. The number of carbonyl (C=O) groups excluding carboxylic acids is 1. The average Bonchev–Trinajstić information content (AvgIpc) is 2.28. The maximum absolute atomic E-state index is 11.3. The summed E-state index contributed by atoms with van der Waals surface area (Å²) in [6.45, 7) is 4.42. The van der Waals surface area contributed by atoms with Crippen molar-refractivity contribution in [3.63, 3.8) is 0 Å². The van der Waals surface area contributed by atoms with E-state index in [-0.39, 0.29) is 5.91 Å². The Morgan fingerprint density at radius 2 is 2.25 bits per heavy atom. The van der Waals surface area contributed by atoms with E-state index in [2.05, 4.69) is 10.6 Å². The molecule has 5 heteroatoms. The van der Waals surface area contributed by atoms with Gasteiger partial charge in [0.1, 0.15) is 0 Å². The summed E-state index contributed by atoms with van der Waals surface area (Å²) in [7, 11) is 0. The quantitative estimate of drug-likeness (QED) is 0.583. The van der Waals surface area contributed by atoms with Crippen LogP contribution in [-0.4, -0.2) is 49.5 Å². The second kappa shape index (κ2) is 7.60. The van der Waals surface area contributed by atoms with E-state index in [4.69, 9.17) is 9.84 Å². The van der Waals surface area contributed by atoms with Gasteiger partial charge in [0.2, 0.25) is 5.91 Å². The minimum absolute atomic E-state index is 0.0603. The fourth-order valence-electron chi connectivity index (χ4n) is 1.63. The highest BCUT2D eigenvalue weighted by Crippen LogP contribution is 2.07. The summed E-state index contributed by atoms with van der Waals surface area (Å²) < 4.78 is 5.60. The molecule has 0 aromatic carbocycles. The molecular weight excluding hydrogens is 208 g/mol. The molecule has 1 fully saturated rings. The molecule has 0 aromatic rings. The van der Waals surface area contributed by atoms with Crippen molar-refractivity contribution in [2.24, 2.45) is 0 Å². The Bertz CT molecular complexity index is 203. The lowest BCUT2D eigenvalue weighted by Gasteiger charge is -2.22. The predicted octanol–water partition coefficient (Wildman–Crippen LogP) is -0.358. The third kappa shape index (κ3) is 6.05. The number of nitrogens with one attached hydrogen (secondary N) is 2. The Morgan fingerprint density at radius 3 is 2.88 bits per heavy atom. The molecule has 0 radical (unpaired) electrons. The van der Waals surface area contributed by atoms with Gasteiger partial charge in [-0.3, -0.25) is 4.79 Å². The SMILES string of the molecule is CC(O)CNC(=O)CCOC1CCNCC1. The van der Waals surface area contributed by atoms with Crippen molar-refractivity contribution in [1.29, 1.82) is 0 Å². The molecule has 1 saturated heterocycles. The molecule has 1 aliphatic heterocycles. The molecule has 16 heavy (non-hydrogen) atoms. The third-order valence-electron chi connectivity index (χ3n) is 2.56. The lowest BCUT2D eigenvalue weighted by atomic mass is 10.1. The molecular formula is C11H22N2O3. The van der Waals surface area contributed by atoms with Crippen LogP contribution in [0.2, 0.25) is 0 Å². The number of hydrogen-bond acceptors (Lipinski definition) is 4. The fourth-order valence-corrected chi connectivity index (χ4v) is 1.63. The van der Waals surface area contributed by atoms with Gasteiger partial charge in [-0.1, -0.05) is 0 Å². The van der Waals surface area contributed by atoms with Gasteiger partial charge >= 0.3 is 0 Å². The summed E-state index contributed by atoms with van der Waals surface area (Å²) >= 11 is 0. The van der Waals surface area contributed by atoms with Gasteiger partial charge < -0.3 is 20.5 Å². The molecule has 0 aliphatic carbocycles. The lowest BCUT2D eigenvalue weighted by molar-refractivity contribution is -0.123. The van der Waals surface area contributed by atoms with E-state index in [0.29, 0.717) is 25.7 Å². The molecule has 3 N–H and O–H groups in total. The Hall–Kier alpha value is -0.650. The number of carbonyl (C=O) groups is 1. The van der Waals surface area contributed by atoms with Crippen LogP contribution < -0.4 is 10.6 Å². The minimum atomic E-state index is -0.491. The highest BCUT2D eigenvalue weighted by molar-refractivity contribution is 5.75. The number of rotatable bonds is 6. The Balaban J connectivity index is 1.99. The number of ether oxygens (including phenoxy) is 1. The van der Waals surface area contributed by atoms with Gasteiger partial charge in [0.25, 0.3) is 0 Å². The van der Waals surface area contributed by atoms with Crippen LogP contribution in [0.3, 0.4) is 0 Å². The number of hydrogen-bond donors (Lipinski definition) is 3. The smallest absolute Gasteiger partial charge is 0.222 e. The lowest BCUT2D eigenvalue weighted by Crippen LogP contribution is -2.34. The van der Waals surface area contributed by atoms with Gasteiger partial charge in [0.05, 0.1) is 18.8 Å². The maximum Gasteiger partial charge on any atom is 0.222 e. The van der Waals surface area contributed by atoms with Crippen LogP contribution in [0.5, 0.6) is 0 Å². The molecule has 1 atom stereocenters. The molecule has 1 heterocycles. The molecule has 94 valence electrons. The van der Waals surface area contributed by atoms with Gasteiger partial charge in [0, 0.05) is 13.0 Å². The molecule has 1 amide bonds. The fraction of sp³-hybridized carbons (Fsp3) is 0.909. The van der Waals surface area contributed by atoms with Crippen molar-refractivity contribution in [3.05, 3.63) is 0 Å². The Labute approximate surface area is 96.6 Å². The van der Waals surface area contributed by atoms with E-state index in [1.165, 1.54) is 0 Å². The molecule has 0 bridgehead atoms. The van der Waals surface area contributed by atoms with Gasteiger partial charge in [-0.15, -0.1) is 0 Å². The highest BCUT2D eigenvalue weighted by atomic mass is 16.5. The standard InChI is InChI=1S/C11H22N2O3/c1-9(14)8-13-11(15)4-7-16-10-2-5-12-6-3-10/h9-10,12,14H,2-8H2,1H3,(H,13,15). The molecule has 5 nitrogen and oxygen atoms in total. The molecule has 0 aromatic heterocycles. The highest BCUT2D eigenvalue weighted by Gasteiger charge is 2.13. The van der Waals surface area contributed by atoms with Gasteiger partial charge in [0.15, 0.2) is 0 Å².